The molecule has 0 aliphatic heterocycles. The third-order valence-corrected chi connectivity index (χ3v) is 2.11. The van der Waals surface area contributed by atoms with Gasteiger partial charge >= 0.3 is 0 Å². The van der Waals surface area contributed by atoms with Gasteiger partial charge in [0, 0.05) is 14.3 Å². The third-order valence-electron chi connectivity index (χ3n) is 2.11. The fourth-order valence-electron chi connectivity index (χ4n) is 1.18. The lowest BCUT2D eigenvalue weighted by atomic mass is 9.98. The van der Waals surface area contributed by atoms with Gasteiger partial charge in [0.15, 0.2) is 0 Å². The summed E-state index contributed by atoms with van der Waals surface area (Å²) in [5.41, 5.74) is 6.37. The summed E-state index contributed by atoms with van der Waals surface area (Å²) in [6, 6.07) is 5.77. The summed E-state index contributed by atoms with van der Waals surface area (Å²) in [6.45, 7) is 7.61. The summed E-state index contributed by atoms with van der Waals surface area (Å²) in [5, 5.41) is 9.65. The normalized spacial score (nSPS) is 11.1. The van der Waals surface area contributed by atoms with Crippen LogP contribution in [0.5, 0.6) is 5.75 Å². The first kappa shape index (κ1) is 12.7. The van der Waals surface area contributed by atoms with Crippen LogP contribution in [-0.4, -0.2) is 12.2 Å². The minimum Gasteiger partial charge on any atom is -0.507 e. The molecule has 0 saturated heterocycles. The van der Waals surface area contributed by atoms with Crippen LogP contribution in [0.1, 0.15) is 26.8 Å². The molecule has 14 heavy (non-hydrogen) atoms. The Morgan fingerprint density at radius 1 is 1.50 bits per heavy atom. The minimum absolute atomic E-state index is 0. The van der Waals surface area contributed by atoms with Gasteiger partial charge in [-0.3, -0.25) is 0 Å². The number of rotatable bonds is 2. The van der Waals surface area contributed by atoms with Gasteiger partial charge in [-0.2, -0.15) is 0 Å². The van der Waals surface area contributed by atoms with E-state index in [9.17, 15) is 5.11 Å². The second kappa shape index (κ2) is 6.22. The molecule has 0 amide bonds. The van der Waals surface area contributed by atoms with E-state index in [4.69, 9.17) is 0 Å². The quantitative estimate of drug-likeness (QED) is 0.716. The number of allylic oxidation sites excluding steroid dienone is 1. The molecule has 0 spiro atoms. The van der Waals surface area contributed by atoms with Crippen molar-refractivity contribution >= 4 is 0 Å². The van der Waals surface area contributed by atoms with E-state index in [1.165, 1.54) is 7.05 Å². The molecule has 0 aliphatic rings. The maximum Gasteiger partial charge on any atom is 0.122 e. The van der Waals surface area contributed by atoms with Crippen LogP contribution in [0.15, 0.2) is 30.9 Å². The molecule has 1 atom stereocenters. The number of hydrogen-bond acceptors (Lipinski definition) is 2. The molecule has 82 valence electrons. The molecule has 1 aromatic carbocycles. The topological polar surface area (TPSA) is 46.2 Å². The monoisotopic (exact) mass is 197 g/mol. The van der Waals surface area contributed by atoms with Crippen molar-refractivity contribution in [1.29, 1.82) is 0 Å². The lowest BCUT2D eigenvalue weighted by Gasteiger charge is -2.10. The number of aryl methyl sites for hydroxylation is 1. The van der Waals surface area contributed by atoms with Crippen LogP contribution in [0.25, 0.3) is 0 Å². The number of aromatic hydroxyl groups is 1. The maximum absolute atomic E-state index is 9.65. The smallest absolute Gasteiger partial charge is 0.122 e. The number of phenols is 1. The Balaban J connectivity index is -0.000000399. The Morgan fingerprint density at radius 3 is 2.57 bits per heavy atom. The molecule has 0 saturated carbocycles. The highest BCUT2D eigenvalue weighted by atomic mass is 16.3. The number of hydrogen-bond donors (Lipinski definition) is 2. The molecule has 3 N–H and O–H groups in total. The standard InChI is InChI=1S/C11H14O.CH5N.2H2/c1-4-8(2)10-7-5-6-9(3)11(10)12;1-2;;/h4-8,12H,1H2,2-3H3;2H2,1H3;2*1H. The SMILES string of the molecule is C=CC(C)c1cccc(C)c1O.CN.[HH].[HH]. The number of phenolic OH excluding ortho intramolecular Hbond substituents is 1. The summed E-state index contributed by atoms with van der Waals surface area (Å²) >= 11 is 0. The lowest BCUT2D eigenvalue weighted by molar-refractivity contribution is 0.462. The maximum atomic E-state index is 9.65. The average Bonchev–Trinajstić information content (AvgIpc) is 2.24. The van der Waals surface area contributed by atoms with E-state index >= 15 is 0 Å². The van der Waals surface area contributed by atoms with Crippen LogP contribution < -0.4 is 5.73 Å². The first-order chi connectivity index (χ1) is 6.66. The van der Waals surface area contributed by atoms with E-state index < -0.39 is 0 Å². The highest BCUT2D eigenvalue weighted by molar-refractivity contribution is 5.42. The van der Waals surface area contributed by atoms with Gasteiger partial charge in [-0.15, -0.1) is 6.58 Å². The van der Waals surface area contributed by atoms with Crippen molar-refractivity contribution in [1.82, 2.24) is 0 Å². The Bertz CT molecular complexity index is 303. The minimum atomic E-state index is 0. The second-order valence-electron chi connectivity index (χ2n) is 3.04. The van der Waals surface area contributed by atoms with Crippen molar-refractivity contribution in [2.75, 3.05) is 7.05 Å². The second-order valence-corrected chi connectivity index (χ2v) is 3.04. The molecule has 0 heterocycles. The summed E-state index contributed by atoms with van der Waals surface area (Å²) in [5.74, 6) is 0.606. The first-order valence-electron chi connectivity index (χ1n) is 4.65. The Kier molecular flexibility index (Phi) is 5.65. The van der Waals surface area contributed by atoms with Crippen LogP contribution in [0.3, 0.4) is 0 Å². The van der Waals surface area contributed by atoms with Crippen molar-refractivity contribution in [2.24, 2.45) is 5.73 Å². The lowest BCUT2D eigenvalue weighted by Crippen LogP contribution is -1.90. The Labute approximate surface area is 89.0 Å². The van der Waals surface area contributed by atoms with E-state index in [1.807, 2.05) is 38.1 Å². The molecule has 1 unspecified atom stereocenters. The van der Waals surface area contributed by atoms with E-state index in [0.717, 1.165) is 11.1 Å². The van der Waals surface area contributed by atoms with Gasteiger partial charge < -0.3 is 10.8 Å². The number of nitrogens with two attached hydrogens (primary N) is 1. The van der Waals surface area contributed by atoms with Crippen molar-refractivity contribution < 1.29 is 7.96 Å². The van der Waals surface area contributed by atoms with Crippen molar-refractivity contribution in [3.8, 4) is 5.75 Å². The van der Waals surface area contributed by atoms with Crippen LogP contribution in [-0.2, 0) is 0 Å². The van der Waals surface area contributed by atoms with Crippen molar-refractivity contribution in [3.05, 3.63) is 42.0 Å². The van der Waals surface area contributed by atoms with Crippen LogP contribution in [0.2, 0.25) is 0 Å². The van der Waals surface area contributed by atoms with Crippen molar-refractivity contribution in [2.45, 2.75) is 19.8 Å². The van der Waals surface area contributed by atoms with Gasteiger partial charge in [-0.05, 0) is 19.5 Å². The van der Waals surface area contributed by atoms with Gasteiger partial charge in [-0.1, -0.05) is 31.2 Å². The molecular weight excluding hydrogens is 174 g/mol. The highest BCUT2D eigenvalue weighted by Gasteiger charge is 2.07. The molecule has 2 nitrogen and oxygen atoms in total. The van der Waals surface area contributed by atoms with Crippen LogP contribution in [0, 0.1) is 6.92 Å². The molecule has 2 heteroatoms. The van der Waals surface area contributed by atoms with Crippen molar-refractivity contribution in [3.63, 3.8) is 0 Å². The van der Waals surface area contributed by atoms with Crippen LogP contribution in [0.4, 0.5) is 0 Å². The molecule has 0 bridgehead atoms. The van der Waals surface area contributed by atoms with Crippen LogP contribution >= 0.6 is 0 Å². The van der Waals surface area contributed by atoms with Gasteiger partial charge in [0.1, 0.15) is 5.75 Å². The van der Waals surface area contributed by atoms with E-state index in [0.29, 0.717) is 5.75 Å². The predicted octanol–water partition coefficient (Wildman–Crippen LogP) is 3.06. The third kappa shape index (κ3) is 2.89. The fraction of sp³-hybridized carbons (Fsp3) is 0.333. The van der Waals surface area contributed by atoms with Gasteiger partial charge in [-0.25, -0.2) is 0 Å². The Morgan fingerprint density at radius 2 is 2.07 bits per heavy atom. The Hall–Kier alpha value is -1.28. The molecule has 1 rings (SSSR count). The summed E-state index contributed by atoms with van der Waals surface area (Å²) in [4.78, 5) is 0. The van der Waals surface area contributed by atoms with E-state index in [1.54, 1.807) is 0 Å². The highest BCUT2D eigenvalue weighted by Crippen LogP contribution is 2.28. The number of benzene rings is 1. The molecule has 0 aromatic heterocycles. The molecule has 1 aromatic rings. The molecule has 0 aliphatic carbocycles. The fourth-order valence-corrected chi connectivity index (χ4v) is 1.18. The van der Waals surface area contributed by atoms with Gasteiger partial charge in [0.05, 0.1) is 0 Å². The van der Waals surface area contributed by atoms with E-state index in [2.05, 4.69) is 12.3 Å². The summed E-state index contributed by atoms with van der Waals surface area (Å²) in [7, 11) is 1.50. The first-order valence-corrected chi connectivity index (χ1v) is 4.65. The molecule has 0 fully saturated rings. The summed E-state index contributed by atoms with van der Waals surface area (Å²) < 4.78 is 0. The zero-order chi connectivity index (χ0) is 11.1. The predicted molar refractivity (Wildman–Crippen MR) is 65.8 cm³/mol. The zero-order valence-corrected chi connectivity index (χ0v) is 9.12. The average molecular weight is 197 g/mol. The van der Waals surface area contributed by atoms with Gasteiger partial charge in [0.25, 0.3) is 0 Å². The largest absolute Gasteiger partial charge is 0.507 e. The van der Waals surface area contributed by atoms with E-state index in [-0.39, 0.29) is 8.77 Å². The molecule has 0 radical (unpaired) electrons. The number of para-hydroxylation sites is 1. The summed E-state index contributed by atoms with van der Waals surface area (Å²) in [6.07, 6.45) is 1.83. The zero-order valence-electron chi connectivity index (χ0n) is 9.12. The molecular formula is C12H23NO. The van der Waals surface area contributed by atoms with Gasteiger partial charge in [0.2, 0.25) is 0 Å².